The van der Waals surface area contributed by atoms with Crippen molar-refractivity contribution in [1.82, 2.24) is 4.90 Å². The fraction of sp³-hybridized carbons (Fsp3) is 0.500. The van der Waals surface area contributed by atoms with Crippen LogP contribution in [0.3, 0.4) is 0 Å². The van der Waals surface area contributed by atoms with E-state index in [1.807, 2.05) is 0 Å². The molecule has 1 aromatic carbocycles. The number of benzene rings is 1. The van der Waals surface area contributed by atoms with Crippen molar-refractivity contribution >= 4 is 5.97 Å². The van der Waals surface area contributed by atoms with Gasteiger partial charge in [0.05, 0.1) is 12.7 Å². The van der Waals surface area contributed by atoms with Gasteiger partial charge in [-0.1, -0.05) is 19.9 Å². The van der Waals surface area contributed by atoms with Crippen molar-refractivity contribution in [1.29, 1.82) is 0 Å². The van der Waals surface area contributed by atoms with Gasteiger partial charge in [-0.3, -0.25) is 0 Å². The smallest absolute Gasteiger partial charge is 1.00 e. The van der Waals surface area contributed by atoms with Crippen LogP contribution in [0.5, 0.6) is 5.75 Å². The van der Waals surface area contributed by atoms with Crippen molar-refractivity contribution in [3.63, 3.8) is 0 Å². The number of esters is 1. The average Bonchev–Trinajstić information content (AvgIpc) is 2.43. The number of ether oxygens (including phenoxy) is 2. The summed E-state index contributed by atoms with van der Waals surface area (Å²) in [6.07, 6.45) is 0. The van der Waals surface area contributed by atoms with Gasteiger partial charge in [0.25, 0.3) is 0 Å². The lowest BCUT2D eigenvalue weighted by Gasteiger charge is -2.17. The van der Waals surface area contributed by atoms with Crippen molar-refractivity contribution in [2.24, 2.45) is 0 Å². The predicted octanol–water partition coefficient (Wildman–Crippen LogP) is -0.690. The van der Waals surface area contributed by atoms with Gasteiger partial charge in [0.15, 0.2) is 0 Å². The second-order valence-electron chi connectivity index (χ2n) is 3.89. The summed E-state index contributed by atoms with van der Waals surface area (Å²) in [6, 6.07) is 6.98. The third-order valence-electron chi connectivity index (χ3n) is 2.84. The zero-order valence-electron chi connectivity index (χ0n) is 12.7. The van der Waals surface area contributed by atoms with E-state index in [1.54, 1.807) is 31.4 Å². The molecule has 4 nitrogen and oxygen atoms in total. The molecule has 0 aromatic heterocycles. The first-order valence-electron chi connectivity index (χ1n) is 6.24. The monoisotopic (exact) mass is 287 g/mol. The lowest BCUT2D eigenvalue weighted by molar-refractivity contribution is -0.0000228. The summed E-state index contributed by atoms with van der Waals surface area (Å²) in [5.41, 5.74) is 0.522. The molecule has 0 spiro atoms. The Morgan fingerprint density at radius 3 is 2.58 bits per heavy atom. The molecule has 19 heavy (non-hydrogen) atoms. The molecule has 1 aromatic rings. The molecule has 0 saturated carbocycles. The van der Waals surface area contributed by atoms with Gasteiger partial charge in [-0.2, -0.15) is 0 Å². The van der Waals surface area contributed by atoms with Crippen molar-refractivity contribution in [2.45, 2.75) is 13.8 Å². The first-order chi connectivity index (χ1) is 8.71. The van der Waals surface area contributed by atoms with Crippen LogP contribution in [0.1, 0.15) is 25.6 Å². The highest BCUT2D eigenvalue weighted by atomic mass is 35.5. The van der Waals surface area contributed by atoms with Crippen molar-refractivity contribution in [3.05, 3.63) is 29.8 Å². The second kappa shape index (κ2) is 9.64. The Morgan fingerprint density at radius 1 is 1.32 bits per heavy atom. The summed E-state index contributed by atoms with van der Waals surface area (Å²) in [5.74, 6) is 0.356. The SMILES string of the molecule is CCN(CC)CCOC(=O)c1cccc(OC)c1.[Cl-].[H+]. The highest BCUT2D eigenvalue weighted by molar-refractivity contribution is 5.89. The Labute approximate surface area is 122 Å². The molecule has 0 aliphatic heterocycles. The molecule has 0 fully saturated rings. The van der Waals surface area contributed by atoms with Gasteiger partial charge in [-0.15, -0.1) is 0 Å². The highest BCUT2D eigenvalue weighted by Crippen LogP contribution is 2.13. The normalized spacial score (nSPS) is 9.89. The largest absolute Gasteiger partial charge is 1.00 e. The molecule has 0 atom stereocenters. The number of nitrogens with zero attached hydrogens (tertiary/aromatic N) is 1. The molecular weight excluding hydrogens is 266 g/mol. The number of carbonyl (C=O) groups excluding carboxylic acids is 1. The topological polar surface area (TPSA) is 38.8 Å². The predicted molar refractivity (Wildman–Crippen MR) is 72.2 cm³/mol. The summed E-state index contributed by atoms with van der Waals surface area (Å²) < 4.78 is 10.3. The van der Waals surface area contributed by atoms with Crippen LogP contribution >= 0.6 is 0 Å². The Kier molecular flexibility index (Phi) is 9.00. The Balaban J connectivity index is 0. The molecule has 0 radical (unpaired) electrons. The summed E-state index contributed by atoms with van der Waals surface area (Å²) >= 11 is 0. The van der Waals surface area contributed by atoms with Crippen LogP contribution in [0.4, 0.5) is 0 Å². The summed E-state index contributed by atoms with van der Waals surface area (Å²) in [7, 11) is 1.57. The fourth-order valence-corrected chi connectivity index (χ4v) is 1.64. The summed E-state index contributed by atoms with van der Waals surface area (Å²) in [5, 5.41) is 0. The zero-order chi connectivity index (χ0) is 13.4. The van der Waals surface area contributed by atoms with Gasteiger partial charge < -0.3 is 26.8 Å². The van der Waals surface area contributed by atoms with E-state index in [1.165, 1.54) is 0 Å². The van der Waals surface area contributed by atoms with E-state index in [0.29, 0.717) is 17.9 Å². The number of halogens is 1. The van der Waals surface area contributed by atoms with Gasteiger partial charge >= 0.3 is 7.40 Å². The average molecular weight is 288 g/mol. The highest BCUT2D eigenvalue weighted by Gasteiger charge is 2.08. The van der Waals surface area contributed by atoms with E-state index in [9.17, 15) is 4.79 Å². The van der Waals surface area contributed by atoms with Gasteiger partial charge in [0.1, 0.15) is 12.4 Å². The minimum absolute atomic E-state index is 0. The number of hydrogen-bond donors (Lipinski definition) is 0. The Morgan fingerprint density at radius 2 is 2.00 bits per heavy atom. The van der Waals surface area contributed by atoms with Crippen LogP contribution in [0.25, 0.3) is 0 Å². The molecule has 0 saturated heterocycles. The molecule has 0 unspecified atom stereocenters. The van der Waals surface area contributed by atoms with Crippen LogP contribution in [-0.2, 0) is 4.74 Å². The molecule has 1 rings (SSSR count). The standard InChI is InChI=1S/C14H21NO3.ClH/c1-4-15(5-2)9-10-18-14(16)12-7-6-8-13(11-12)17-3;/h6-8,11H,4-5,9-10H2,1-3H3;1H. The Hall–Kier alpha value is -1.26. The van der Waals surface area contributed by atoms with Crippen LogP contribution in [-0.4, -0.2) is 44.2 Å². The van der Waals surface area contributed by atoms with E-state index in [0.717, 1.165) is 19.6 Å². The minimum Gasteiger partial charge on any atom is -1.00 e. The van der Waals surface area contributed by atoms with Crippen molar-refractivity contribution in [2.75, 3.05) is 33.4 Å². The first-order valence-corrected chi connectivity index (χ1v) is 6.24. The maximum Gasteiger partial charge on any atom is 1.00 e. The molecule has 0 amide bonds. The zero-order valence-corrected chi connectivity index (χ0v) is 12.4. The van der Waals surface area contributed by atoms with E-state index in [4.69, 9.17) is 9.47 Å². The molecule has 5 heteroatoms. The molecule has 0 bridgehead atoms. The van der Waals surface area contributed by atoms with Gasteiger partial charge in [0, 0.05) is 6.54 Å². The number of hydrogen-bond acceptors (Lipinski definition) is 4. The lowest BCUT2D eigenvalue weighted by atomic mass is 10.2. The lowest BCUT2D eigenvalue weighted by Crippen LogP contribution is -3.00. The van der Waals surface area contributed by atoms with E-state index in [-0.39, 0.29) is 19.8 Å². The summed E-state index contributed by atoms with van der Waals surface area (Å²) in [6.45, 7) is 7.29. The van der Waals surface area contributed by atoms with Crippen LogP contribution in [0, 0.1) is 0 Å². The number of methoxy groups -OCH3 is 1. The third-order valence-corrected chi connectivity index (χ3v) is 2.84. The van der Waals surface area contributed by atoms with E-state index < -0.39 is 0 Å². The van der Waals surface area contributed by atoms with Crippen LogP contribution in [0.15, 0.2) is 24.3 Å². The van der Waals surface area contributed by atoms with E-state index in [2.05, 4.69) is 18.7 Å². The first kappa shape index (κ1) is 17.7. The van der Waals surface area contributed by atoms with Gasteiger partial charge in [-0.25, -0.2) is 4.79 Å². The summed E-state index contributed by atoms with van der Waals surface area (Å²) in [4.78, 5) is 14.0. The van der Waals surface area contributed by atoms with E-state index >= 15 is 0 Å². The van der Waals surface area contributed by atoms with Crippen molar-refractivity contribution in [3.8, 4) is 5.75 Å². The minimum atomic E-state index is -0.305. The molecule has 0 aliphatic rings. The fourth-order valence-electron chi connectivity index (χ4n) is 1.64. The number of likely N-dealkylation sites (N-methyl/N-ethyl adjacent to an activating group) is 1. The maximum absolute atomic E-state index is 11.8. The molecule has 108 valence electrons. The van der Waals surface area contributed by atoms with Gasteiger partial charge in [-0.05, 0) is 31.3 Å². The van der Waals surface area contributed by atoms with Crippen molar-refractivity contribution < 1.29 is 28.1 Å². The molecule has 0 heterocycles. The van der Waals surface area contributed by atoms with Crippen LogP contribution < -0.4 is 17.1 Å². The van der Waals surface area contributed by atoms with Gasteiger partial charge in [0.2, 0.25) is 0 Å². The molecule has 0 aliphatic carbocycles. The third kappa shape index (κ3) is 5.94. The maximum atomic E-state index is 11.8. The molecular formula is C14H22ClNO3. The number of carbonyl (C=O) groups is 1. The quantitative estimate of drug-likeness (QED) is 0.623. The molecule has 0 N–H and O–H groups in total. The number of rotatable bonds is 7. The van der Waals surface area contributed by atoms with Crippen LogP contribution in [0.2, 0.25) is 0 Å². The Bertz CT molecular complexity index is 386. The second-order valence-corrected chi connectivity index (χ2v) is 3.89.